The zero-order chi connectivity index (χ0) is 16.0. The van der Waals surface area contributed by atoms with E-state index in [0.29, 0.717) is 5.56 Å². The predicted molar refractivity (Wildman–Crippen MR) is 91.2 cm³/mol. The van der Waals surface area contributed by atoms with E-state index < -0.39 is 17.3 Å². The molecule has 0 aromatic heterocycles. The molecule has 116 valence electrons. The zero-order valence-electron chi connectivity index (χ0n) is 12.5. The lowest BCUT2D eigenvalue weighted by molar-refractivity contribution is 0.1000. The molecule has 0 aliphatic heterocycles. The Labute approximate surface area is 137 Å². The molecule has 0 saturated carbocycles. The SMILES string of the molecule is CC(C)(C)[S+]([O-])NC=CCCc1cc(Br)cc(C(N)=O)c1. The summed E-state index contributed by atoms with van der Waals surface area (Å²) in [6, 6.07) is 5.46. The van der Waals surface area contributed by atoms with Crippen LogP contribution < -0.4 is 10.5 Å². The van der Waals surface area contributed by atoms with E-state index in [9.17, 15) is 9.35 Å². The van der Waals surface area contributed by atoms with Gasteiger partial charge in [0.1, 0.15) is 4.75 Å². The second kappa shape index (κ2) is 7.87. The third kappa shape index (κ3) is 6.54. The van der Waals surface area contributed by atoms with Crippen molar-refractivity contribution in [3.05, 3.63) is 46.1 Å². The molecule has 1 atom stereocenters. The van der Waals surface area contributed by atoms with Crippen molar-refractivity contribution >= 4 is 33.2 Å². The van der Waals surface area contributed by atoms with Crippen molar-refractivity contribution in [2.24, 2.45) is 5.73 Å². The van der Waals surface area contributed by atoms with Crippen LogP contribution >= 0.6 is 15.9 Å². The molecule has 0 spiro atoms. The van der Waals surface area contributed by atoms with Crippen LogP contribution in [0.4, 0.5) is 0 Å². The van der Waals surface area contributed by atoms with Crippen LogP contribution in [-0.2, 0) is 17.8 Å². The number of primary amides is 1. The van der Waals surface area contributed by atoms with Gasteiger partial charge in [-0.05, 0) is 57.4 Å². The van der Waals surface area contributed by atoms with Gasteiger partial charge in [-0.15, -0.1) is 0 Å². The number of carbonyl (C=O) groups is 1. The minimum Gasteiger partial charge on any atom is -0.593 e. The van der Waals surface area contributed by atoms with E-state index in [1.807, 2.05) is 32.9 Å². The molecule has 3 N–H and O–H groups in total. The minimum absolute atomic E-state index is 0.287. The predicted octanol–water partition coefficient (Wildman–Crippen LogP) is 3.05. The van der Waals surface area contributed by atoms with Gasteiger partial charge in [0, 0.05) is 16.2 Å². The molecule has 1 aromatic carbocycles. The average Bonchev–Trinajstić information content (AvgIpc) is 2.36. The van der Waals surface area contributed by atoms with Gasteiger partial charge in [-0.25, -0.2) is 4.72 Å². The summed E-state index contributed by atoms with van der Waals surface area (Å²) in [7, 11) is 0. The number of rotatable bonds is 6. The molecular formula is C15H21BrN2O2S. The van der Waals surface area contributed by atoms with Crippen molar-refractivity contribution in [1.82, 2.24) is 4.72 Å². The third-order valence-corrected chi connectivity index (χ3v) is 4.61. The van der Waals surface area contributed by atoms with Gasteiger partial charge >= 0.3 is 0 Å². The summed E-state index contributed by atoms with van der Waals surface area (Å²) in [6.45, 7) is 5.74. The number of amides is 1. The second-order valence-corrected chi connectivity index (χ2v) is 8.57. The first-order chi connectivity index (χ1) is 9.70. The van der Waals surface area contributed by atoms with Crippen molar-refractivity contribution in [2.45, 2.75) is 38.4 Å². The van der Waals surface area contributed by atoms with Crippen LogP contribution in [0.2, 0.25) is 0 Å². The molecule has 0 bridgehead atoms. The number of nitrogens with one attached hydrogen (secondary N) is 1. The lowest BCUT2D eigenvalue weighted by atomic mass is 10.1. The fourth-order valence-electron chi connectivity index (χ4n) is 1.56. The maximum Gasteiger partial charge on any atom is 0.248 e. The van der Waals surface area contributed by atoms with Crippen LogP contribution in [0.15, 0.2) is 34.9 Å². The highest BCUT2D eigenvalue weighted by Crippen LogP contribution is 2.17. The summed E-state index contributed by atoms with van der Waals surface area (Å²) in [6.07, 6.45) is 5.20. The topological polar surface area (TPSA) is 78.2 Å². The van der Waals surface area contributed by atoms with Gasteiger partial charge in [0.2, 0.25) is 5.91 Å². The molecule has 4 nitrogen and oxygen atoms in total. The molecule has 1 amide bonds. The lowest BCUT2D eigenvalue weighted by Crippen LogP contribution is -2.36. The normalized spacial score (nSPS) is 13.4. The van der Waals surface area contributed by atoms with Crippen LogP contribution in [0.1, 0.15) is 43.1 Å². The van der Waals surface area contributed by atoms with E-state index in [-0.39, 0.29) is 4.75 Å². The van der Waals surface area contributed by atoms with Gasteiger partial charge < -0.3 is 10.3 Å². The number of halogens is 1. The Hall–Kier alpha value is -0.980. The van der Waals surface area contributed by atoms with Crippen molar-refractivity contribution in [3.8, 4) is 0 Å². The highest BCUT2D eigenvalue weighted by molar-refractivity contribution is 9.10. The van der Waals surface area contributed by atoms with Crippen molar-refractivity contribution < 1.29 is 9.35 Å². The Morgan fingerprint density at radius 1 is 1.43 bits per heavy atom. The largest absolute Gasteiger partial charge is 0.593 e. The Bertz CT molecular complexity index is 527. The quantitative estimate of drug-likeness (QED) is 0.753. The summed E-state index contributed by atoms with van der Waals surface area (Å²) < 4.78 is 15.2. The minimum atomic E-state index is -1.10. The standard InChI is InChI=1S/C15H21BrN2O2S/c1-15(2,3)21(20)18-7-5-4-6-11-8-12(14(17)19)10-13(16)9-11/h5,7-10,18H,4,6H2,1-3H3,(H2,17,19). The van der Waals surface area contributed by atoms with E-state index in [2.05, 4.69) is 20.7 Å². The molecule has 0 fully saturated rings. The van der Waals surface area contributed by atoms with Crippen LogP contribution in [0.5, 0.6) is 0 Å². The number of hydrogen-bond donors (Lipinski definition) is 2. The molecular weight excluding hydrogens is 352 g/mol. The van der Waals surface area contributed by atoms with Crippen LogP contribution in [-0.4, -0.2) is 15.2 Å². The highest BCUT2D eigenvalue weighted by atomic mass is 79.9. The molecule has 6 heteroatoms. The van der Waals surface area contributed by atoms with E-state index in [1.165, 1.54) is 0 Å². The van der Waals surface area contributed by atoms with E-state index in [4.69, 9.17) is 5.73 Å². The summed E-state index contributed by atoms with van der Waals surface area (Å²) in [5, 5.41) is 0. The Morgan fingerprint density at radius 2 is 2.10 bits per heavy atom. The molecule has 1 rings (SSSR count). The summed E-state index contributed by atoms with van der Waals surface area (Å²) in [5.41, 5.74) is 6.81. The first-order valence-electron chi connectivity index (χ1n) is 6.62. The smallest absolute Gasteiger partial charge is 0.248 e. The Balaban J connectivity index is 2.51. The summed E-state index contributed by atoms with van der Waals surface area (Å²) in [4.78, 5) is 11.2. The van der Waals surface area contributed by atoms with Gasteiger partial charge in [0.05, 0.1) is 11.4 Å². The van der Waals surface area contributed by atoms with Crippen LogP contribution in [0.3, 0.4) is 0 Å². The summed E-state index contributed by atoms with van der Waals surface area (Å²) >= 11 is 2.26. The molecule has 1 unspecified atom stereocenters. The van der Waals surface area contributed by atoms with Gasteiger partial charge in [-0.2, -0.15) is 0 Å². The number of benzene rings is 1. The molecule has 21 heavy (non-hydrogen) atoms. The Kier molecular flexibility index (Phi) is 6.77. The van der Waals surface area contributed by atoms with Gasteiger partial charge in [-0.3, -0.25) is 4.79 Å². The van der Waals surface area contributed by atoms with Gasteiger partial charge in [0.15, 0.2) is 0 Å². The van der Waals surface area contributed by atoms with Gasteiger partial charge in [0.25, 0.3) is 0 Å². The van der Waals surface area contributed by atoms with E-state index in [1.54, 1.807) is 18.3 Å². The lowest BCUT2D eigenvalue weighted by Gasteiger charge is -2.22. The van der Waals surface area contributed by atoms with Crippen LogP contribution in [0, 0.1) is 0 Å². The zero-order valence-corrected chi connectivity index (χ0v) is 14.9. The maximum atomic E-state index is 11.8. The van der Waals surface area contributed by atoms with Crippen LogP contribution in [0.25, 0.3) is 0 Å². The monoisotopic (exact) mass is 372 g/mol. The van der Waals surface area contributed by atoms with Gasteiger partial charge in [-0.1, -0.05) is 22.0 Å². The van der Waals surface area contributed by atoms with E-state index >= 15 is 0 Å². The van der Waals surface area contributed by atoms with Crippen molar-refractivity contribution in [2.75, 3.05) is 0 Å². The first-order valence-corrected chi connectivity index (χ1v) is 8.57. The first kappa shape index (κ1) is 18.1. The third-order valence-electron chi connectivity index (χ3n) is 2.69. The second-order valence-electron chi connectivity index (χ2n) is 5.65. The number of nitrogens with two attached hydrogens (primary N) is 1. The molecule has 0 heterocycles. The number of hydrogen-bond acceptors (Lipinski definition) is 3. The number of carbonyl (C=O) groups excluding carboxylic acids is 1. The molecule has 0 aliphatic carbocycles. The number of allylic oxidation sites excluding steroid dienone is 1. The molecule has 0 radical (unpaired) electrons. The fourth-order valence-corrected chi connectivity index (χ4v) is 2.67. The maximum absolute atomic E-state index is 11.8. The van der Waals surface area contributed by atoms with Crippen molar-refractivity contribution in [3.63, 3.8) is 0 Å². The molecule has 0 aliphatic rings. The van der Waals surface area contributed by atoms with E-state index in [0.717, 1.165) is 22.9 Å². The summed E-state index contributed by atoms with van der Waals surface area (Å²) in [5.74, 6) is -0.435. The highest BCUT2D eigenvalue weighted by Gasteiger charge is 2.25. The van der Waals surface area contributed by atoms with Crippen molar-refractivity contribution in [1.29, 1.82) is 0 Å². The fraction of sp³-hybridized carbons (Fsp3) is 0.400. The molecule has 1 aromatic rings. The number of aryl methyl sites for hydroxylation is 1. The molecule has 0 saturated heterocycles. The Morgan fingerprint density at radius 3 is 2.67 bits per heavy atom. The average molecular weight is 373 g/mol.